The van der Waals surface area contributed by atoms with Gasteiger partial charge in [0, 0.05) is 17.6 Å². The van der Waals surface area contributed by atoms with Gasteiger partial charge in [0.2, 0.25) is 0 Å². The number of carbonyl (C=O) groups excluding carboxylic acids is 1. The average molecular weight is 385 g/mol. The molecule has 0 unspecified atom stereocenters. The first-order valence-corrected chi connectivity index (χ1v) is 9.50. The lowest BCUT2D eigenvalue weighted by molar-refractivity contribution is -0.112. The molecule has 0 spiro atoms. The number of hydrogen-bond donors (Lipinski definition) is 3. The number of benzene rings is 2. The molecule has 140 valence electrons. The van der Waals surface area contributed by atoms with Crippen LogP contribution in [0.3, 0.4) is 0 Å². The molecule has 0 radical (unpaired) electrons. The van der Waals surface area contributed by atoms with Crippen LogP contribution in [0, 0.1) is 11.3 Å². The first-order chi connectivity index (χ1) is 12.7. The minimum absolute atomic E-state index is 0.137. The molecule has 3 N–H and O–H groups in total. The van der Waals surface area contributed by atoms with Gasteiger partial charge in [-0.05, 0) is 41.8 Å². The highest BCUT2D eigenvalue weighted by Crippen LogP contribution is 2.18. The monoisotopic (exact) mass is 385 g/mol. The van der Waals surface area contributed by atoms with Crippen LogP contribution < -0.4 is 10.6 Å². The van der Waals surface area contributed by atoms with Crippen molar-refractivity contribution >= 4 is 27.4 Å². The van der Waals surface area contributed by atoms with E-state index in [2.05, 4.69) is 24.5 Å². The Kier molecular flexibility index (Phi) is 6.34. The molecule has 0 atom stereocenters. The van der Waals surface area contributed by atoms with Crippen LogP contribution in [0.4, 0.5) is 11.4 Å². The molecule has 0 aromatic heterocycles. The van der Waals surface area contributed by atoms with Gasteiger partial charge in [-0.25, -0.2) is 0 Å². The molecule has 0 aliphatic heterocycles. The van der Waals surface area contributed by atoms with Gasteiger partial charge in [0.15, 0.2) is 0 Å². The van der Waals surface area contributed by atoms with Gasteiger partial charge >= 0.3 is 0 Å². The number of nitrogens with one attached hydrogen (secondary N) is 2. The Labute approximate surface area is 158 Å². The van der Waals surface area contributed by atoms with E-state index in [9.17, 15) is 18.5 Å². The van der Waals surface area contributed by atoms with Crippen molar-refractivity contribution in [1.82, 2.24) is 0 Å². The van der Waals surface area contributed by atoms with Crippen LogP contribution in [0.2, 0.25) is 0 Å². The van der Waals surface area contributed by atoms with Crippen LogP contribution in [0.15, 0.2) is 65.2 Å². The van der Waals surface area contributed by atoms with Gasteiger partial charge in [0.1, 0.15) is 11.6 Å². The summed E-state index contributed by atoms with van der Waals surface area (Å²) < 4.78 is 31.4. The fraction of sp³-hybridized carbons (Fsp3) is 0.158. The Morgan fingerprint density at radius 2 is 1.81 bits per heavy atom. The highest BCUT2D eigenvalue weighted by molar-refractivity contribution is 7.85. The highest BCUT2D eigenvalue weighted by atomic mass is 32.2. The summed E-state index contributed by atoms with van der Waals surface area (Å²) in [6, 6.07) is 14.5. The van der Waals surface area contributed by atoms with Crippen molar-refractivity contribution < 1.29 is 17.8 Å². The Balaban J connectivity index is 2.11. The summed E-state index contributed by atoms with van der Waals surface area (Å²) in [6.07, 6.45) is 1.27. The third-order valence-electron chi connectivity index (χ3n) is 3.72. The topological polar surface area (TPSA) is 119 Å². The number of nitrogens with zero attached hydrogens (tertiary/aromatic N) is 1. The van der Waals surface area contributed by atoms with E-state index in [-0.39, 0.29) is 16.2 Å². The first-order valence-electron chi connectivity index (χ1n) is 8.06. The second kappa shape index (κ2) is 8.49. The van der Waals surface area contributed by atoms with Gasteiger partial charge in [-0.15, -0.1) is 0 Å². The summed E-state index contributed by atoms with van der Waals surface area (Å²) in [5.74, 6) is -0.315. The Bertz CT molecular complexity index is 1000. The van der Waals surface area contributed by atoms with E-state index in [0.29, 0.717) is 11.6 Å². The second-order valence-corrected chi connectivity index (χ2v) is 7.47. The lowest BCUT2D eigenvalue weighted by Crippen LogP contribution is -2.15. The molecular weight excluding hydrogens is 366 g/mol. The van der Waals surface area contributed by atoms with Gasteiger partial charge in [-0.1, -0.05) is 32.0 Å². The van der Waals surface area contributed by atoms with E-state index in [4.69, 9.17) is 4.55 Å². The van der Waals surface area contributed by atoms with Gasteiger partial charge in [0.25, 0.3) is 16.0 Å². The zero-order valence-electron chi connectivity index (χ0n) is 14.8. The van der Waals surface area contributed by atoms with Crippen molar-refractivity contribution in [3.63, 3.8) is 0 Å². The van der Waals surface area contributed by atoms with Crippen molar-refractivity contribution in [2.24, 2.45) is 0 Å². The molecule has 2 aromatic carbocycles. The fourth-order valence-electron chi connectivity index (χ4n) is 2.20. The van der Waals surface area contributed by atoms with Crippen molar-refractivity contribution in [3.8, 4) is 6.07 Å². The average Bonchev–Trinajstić information content (AvgIpc) is 2.62. The summed E-state index contributed by atoms with van der Waals surface area (Å²) >= 11 is 0. The molecular formula is C19H19N3O4S. The van der Waals surface area contributed by atoms with Crippen LogP contribution in [0.5, 0.6) is 0 Å². The van der Waals surface area contributed by atoms with E-state index in [1.54, 1.807) is 6.07 Å². The molecule has 1 amide bonds. The number of anilines is 2. The molecule has 0 heterocycles. The summed E-state index contributed by atoms with van der Waals surface area (Å²) in [7, 11) is -4.39. The highest BCUT2D eigenvalue weighted by Gasteiger charge is 2.13. The lowest BCUT2D eigenvalue weighted by Gasteiger charge is -2.08. The van der Waals surface area contributed by atoms with Crippen molar-refractivity contribution in [2.45, 2.75) is 24.7 Å². The third kappa shape index (κ3) is 5.67. The molecule has 0 saturated carbocycles. The van der Waals surface area contributed by atoms with Crippen LogP contribution in [-0.2, 0) is 14.9 Å². The van der Waals surface area contributed by atoms with Crippen molar-refractivity contribution in [3.05, 3.63) is 65.9 Å². The number of rotatable bonds is 6. The molecule has 2 rings (SSSR count). The molecule has 0 fully saturated rings. The Morgan fingerprint density at radius 3 is 2.37 bits per heavy atom. The predicted molar refractivity (Wildman–Crippen MR) is 103 cm³/mol. The van der Waals surface area contributed by atoms with E-state index in [0.717, 1.165) is 6.07 Å². The zero-order chi connectivity index (χ0) is 20.0. The number of amides is 1. The molecule has 7 nitrogen and oxygen atoms in total. The summed E-state index contributed by atoms with van der Waals surface area (Å²) in [5.41, 5.74) is 1.83. The quantitative estimate of drug-likeness (QED) is 0.398. The van der Waals surface area contributed by atoms with Crippen LogP contribution in [0.1, 0.15) is 25.3 Å². The van der Waals surface area contributed by atoms with Crippen LogP contribution >= 0.6 is 0 Å². The van der Waals surface area contributed by atoms with E-state index < -0.39 is 16.0 Å². The Morgan fingerprint density at radius 1 is 1.15 bits per heavy atom. The molecule has 8 heteroatoms. The predicted octanol–water partition coefficient (Wildman–Crippen LogP) is 3.51. The SMILES string of the molecule is CC(C)c1ccc(N/C=C(/C#N)C(=O)Nc2cccc(S(=O)(=O)O)c2)cc1. The third-order valence-corrected chi connectivity index (χ3v) is 4.57. The minimum Gasteiger partial charge on any atom is -0.360 e. The molecule has 2 aromatic rings. The molecule has 0 aliphatic carbocycles. The summed E-state index contributed by atoms with van der Waals surface area (Å²) in [6.45, 7) is 4.16. The molecule has 0 bridgehead atoms. The zero-order valence-corrected chi connectivity index (χ0v) is 15.6. The van der Waals surface area contributed by atoms with Crippen molar-refractivity contribution in [2.75, 3.05) is 10.6 Å². The fourth-order valence-corrected chi connectivity index (χ4v) is 2.73. The van der Waals surface area contributed by atoms with E-state index >= 15 is 0 Å². The molecule has 27 heavy (non-hydrogen) atoms. The normalized spacial score (nSPS) is 11.7. The van der Waals surface area contributed by atoms with Gasteiger partial charge in [-0.3, -0.25) is 9.35 Å². The second-order valence-electron chi connectivity index (χ2n) is 6.05. The van der Waals surface area contributed by atoms with Crippen LogP contribution in [-0.4, -0.2) is 18.9 Å². The van der Waals surface area contributed by atoms with E-state index in [1.165, 1.54) is 30.0 Å². The molecule has 0 aliphatic rings. The Hall–Kier alpha value is -3.15. The van der Waals surface area contributed by atoms with Crippen molar-refractivity contribution in [1.29, 1.82) is 5.26 Å². The summed E-state index contributed by atoms with van der Waals surface area (Å²) in [4.78, 5) is 11.9. The van der Waals surface area contributed by atoms with E-state index in [1.807, 2.05) is 24.3 Å². The van der Waals surface area contributed by atoms with Gasteiger partial charge in [0.05, 0.1) is 4.90 Å². The number of carbonyl (C=O) groups is 1. The lowest BCUT2D eigenvalue weighted by atomic mass is 10.0. The van der Waals surface area contributed by atoms with Gasteiger partial charge < -0.3 is 10.6 Å². The molecule has 0 saturated heterocycles. The van der Waals surface area contributed by atoms with Gasteiger partial charge in [-0.2, -0.15) is 13.7 Å². The van der Waals surface area contributed by atoms with Crippen LogP contribution in [0.25, 0.3) is 0 Å². The largest absolute Gasteiger partial charge is 0.360 e. The maximum Gasteiger partial charge on any atom is 0.294 e. The standard InChI is InChI=1S/C19H19N3O4S/c1-13(2)14-6-8-16(9-7-14)21-12-15(11-20)19(23)22-17-4-3-5-18(10-17)27(24,25)26/h3-10,12-13,21H,1-2H3,(H,22,23)(H,24,25,26)/b15-12-. The maximum atomic E-state index is 12.2. The summed E-state index contributed by atoms with van der Waals surface area (Å²) in [5, 5.41) is 14.5. The first kappa shape index (κ1) is 20.2. The number of nitriles is 1. The minimum atomic E-state index is -4.39. The number of hydrogen-bond acceptors (Lipinski definition) is 5. The smallest absolute Gasteiger partial charge is 0.294 e. The maximum absolute atomic E-state index is 12.2.